The fourth-order valence-electron chi connectivity index (χ4n) is 1.98. The third kappa shape index (κ3) is 4.80. The predicted octanol–water partition coefficient (Wildman–Crippen LogP) is 2.85. The quantitative estimate of drug-likeness (QED) is 0.835. The number of benzene rings is 1. The Bertz CT molecular complexity index is 461. The van der Waals surface area contributed by atoms with Gasteiger partial charge in [0.15, 0.2) is 0 Å². The summed E-state index contributed by atoms with van der Waals surface area (Å²) in [7, 11) is 0. The summed E-state index contributed by atoms with van der Waals surface area (Å²) >= 11 is 3.46. The first-order chi connectivity index (χ1) is 9.35. The van der Waals surface area contributed by atoms with E-state index in [1.807, 2.05) is 43.9 Å². The Morgan fingerprint density at radius 2 is 2.05 bits per heavy atom. The van der Waals surface area contributed by atoms with Crippen LogP contribution in [0.15, 0.2) is 22.7 Å². The number of anilines is 1. The molecule has 1 aromatic rings. The van der Waals surface area contributed by atoms with E-state index in [9.17, 15) is 9.90 Å². The molecule has 1 rings (SSSR count). The lowest BCUT2D eigenvalue weighted by Gasteiger charge is -2.24. The summed E-state index contributed by atoms with van der Waals surface area (Å²) in [4.78, 5) is 13.8. The highest BCUT2D eigenvalue weighted by molar-refractivity contribution is 9.10. The summed E-state index contributed by atoms with van der Waals surface area (Å²) in [6.07, 6.45) is -0.516. The second-order valence-corrected chi connectivity index (χ2v) is 5.97. The first kappa shape index (κ1) is 17.0. The number of nitrogens with zero attached hydrogens (tertiary/aromatic N) is 1. The minimum atomic E-state index is -0.516. The van der Waals surface area contributed by atoms with Crippen LogP contribution in [0.3, 0.4) is 0 Å². The number of nitrogens with one attached hydrogen (secondary N) is 1. The van der Waals surface area contributed by atoms with Crippen molar-refractivity contribution in [3.63, 3.8) is 0 Å². The number of hydrogen-bond donors (Lipinski definition) is 2. The molecule has 4 nitrogen and oxygen atoms in total. The Balaban J connectivity index is 2.85. The Morgan fingerprint density at radius 3 is 2.50 bits per heavy atom. The molecule has 0 bridgehead atoms. The number of aliphatic hydroxyl groups is 1. The van der Waals surface area contributed by atoms with Gasteiger partial charge in [-0.05, 0) is 45.4 Å². The van der Waals surface area contributed by atoms with Crippen molar-refractivity contribution in [2.75, 3.05) is 18.0 Å². The van der Waals surface area contributed by atoms with E-state index >= 15 is 0 Å². The number of rotatable bonds is 6. The van der Waals surface area contributed by atoms with Gasteiger partial charge in [-0.2, -0.15) is 0 Å². The summed E-state index contributed by atoms with van der Waals surface area (Å²) < 4.78 is 0.854. The Hall–Kier alpha value is -1.07. The van der Waals surface area contributed by atoms with E-state index in [2.05, 4.69) is 21.2 Å². The fraction of sp³-hybridized carbons (Fsp3) is 0.533. The maximum absolute atomic E-state index is 11.9. The zero-order chi connectivity index (χ0) is 15.3. The second kappa shape index (κ2) is 7.64. The van der Waals surface area contributed by atoms with Crippen molar-refractivity contribution in [1.82, 2.24) is 5.32 Å². The van der Waals surface area contributed by atoms with Crippen LogP contribution in [0.4, 0.5) is 5.69 Å². The molecule has 20 heavy (non-hydrogen) atoms. The van der Waals surface area contributed by atoms with Crippen molar-refractivity contribution in [2.24, 2.45) is 0 Å². The summed E-state index contributed by atoms with van der Waals surface area (Å²) in [5.74, 6) is 0.0116. The van der Waals surface area contributed by atoms with Gasteiger partial charge in [-0.25, -0.2) is 0 Å². The molecule has 0 spiro atoms. The standard InChI is InChI=1S/C15H23BrN2O2/c1-5-18(9-15(20)17-10(2)3)12-6-7-13(11(4)19)14(16)8-12/h6-8,10-11,19H,5,9H2,1-4H3,(H,17,20)/t11-/m1/s1. The molecule has 0 aliphatic heterocycles. The van der Waals surface area contributed by atoms with E-state index in [-0.39, 0.29) is 11.9 Å². The molecule has 0 saturated heterocycles. The van der Waals surface area contributed by atoms with E-state index in [1.54, 1.807) is 6.92 Å². The molecule has 1 aromatic carbocycles. The zero-order valence-electron chi connectivity index (χ0n) is 12.5. The molecule has 0 heterocycles. The van der Waals surface area contributed by atoms with Crippen LogP contribution in [0.1, 0.15) is 39.4 Å². The van der Waals surface area contributed by atoms with Crippen molar-refractivity contribution < 1.29 is 9.90 Å². The van der Waals surface area contributed by atoms with Gasteiger partial charge in [0.05, 0.1) is 12.6 Å². The number of hydrogen-bond acceptors (Lipinski definition) is 3. The average molecular weight is 343 g/mol. The maximum atomic E-state index is 11.9. The van der Waals surface area contributed by atoms with Crippen LogP contribution < -0.4 is 10.2 Å². The van der Waals surface area contributed by atoms with Gasteiger partial charge in [0.1, 0.15) is 0 Å². The molecule has 0 aromatic heterocycles. The smallest absolute Gasteiger partial charge is 0.239 e. The van der Waals surface area contributed by atoms with Crippen LogP contribution in [0, 0.1) is 0 Å². The SMILES string of the molecule is CCN(CC(=O)NC(C)C)c1ccc([C@@H](C)O)c(Br)c1. The first-order valence-corrected chi connectivity index (χ1v) is 7.66. The van der Waals surface area contributed by atoms with E-state index in [1.165, 1.54) is 0 Å². The molecule has 1 amide bonds. The van der Waals surface area contributed by atoms with Crippen molar-refractivity contribution >= 4 is 27.5 Å². The van der Waals surface area contributed by atoms with E-state index in [4.69, 9.17) is 0 Å². The van der Waals surface area contributed by atoms with Gasteiger partial charge in [0.2, 0.25) is 5.91 Å². The molecule has 0 saturated carbocycles. The number of carbonyl (C=O) groups is 1. The molecule has 2 N–H and O–H groups in total. The average Bonchev–Trinajstić information content (AvgIpc) is 2.34. The van der Waals surface area contributed by atoms with E-state index in [0.29, 0.717) is 6.54 Å². The largest absolute Gasteiger partial charge is 0.389 e. The summed E-state index contributed by atoms with van der Waals surface area (Å²) in [6.45, 7) is 8.71. The van der Waals surface area contributed by atoms with Crippen molar-refractivity contribution in [3.05, 3.63) is 28.2 Å². The van der Waals surface area contributed by atoms with Crippen molar-refractivity contribution in [1.29, 1.82) is 0 Å². The molecule has 0 unspecified atom stereocenters. The lowest BCUT2D eigenvalue weighted by atomic mass is 10.1. The first-order valence-electron chi connectivity index (χ1n) is 6.87. The molecular formula is C15H23BrN2O2. The van der Waals surface area contributed by atoms with Gasteiger partial charge < -0.3 is 15.3 Å². The van der Waals surface area contributed by atoms with Crippen LogP contribution in [-0.2, 0) is 4.79 Å². The van der Waals surface area contributed by atoms with E-state index in [0.717, 1.165) is 22.3 Å². The van der Waals surface area contributed by atoms with Gasteiger partial charge in [-0.1, -0.05) is 22.0 Å². The number of likely N-dealkylation sites (N-methyl/N-ethyl adjacent to an activating group) is 1. The molecule has 1 atom stereocenters. The molecule has 112 valence electrons. The Kier molecular flexibility index (Phi) is 6.49. The molecule has 0 aliphatic carbocycles. The monoisotopic (exact) mass is 342 g/mol. The van der Waals surface area contributed by atoms with Crippen LogP contribution in [0.25, 0.3) is 0 Å². The topological polar surface area (TPSA) is 52.6 Å². The third-order valence-corrected chi connectivity index (χ3v) is 3.65. The highest BCUT2D eigenvalue weighted by Gasteiger charge is 2.13. The van der Waals surface area contributed by atoms with Crippen LogP contribution in [0.5, 0.6) is 0 Å². The molecule has 0 radical (unpaired) electrons. The maximum Gasteiger partial charge on any atom is 0.239 e. The Morgan fingerprint density at radius 1 is 1.40 bits per heavy atom. The van der Waals surface area contributed by atoms with Gasteiger partial charge in [0.25, 0.3) is 0 Å². The number of carbonyl (C=O) groups excluding carboxylic acids is 1. The Labute approximate surface area is 129 Å². The van der Waals surface area contributed by atoms with Crippen molar-refractivity contribution in [2.45, 2.75) is 39.8 Å². The van der Waals surface area contributed by atoms with Gasteiger partial charge in [0, 0.05) is 22.7 Å². The zero-order valence-corrected chi connectivity index (χ0v) is 14.1. The minimum Gasteiger partial charge on any atom is -0.389 e. The number of halogens is 1. The molecular weight excluding hydrogens is 320 g/mol. The number of aliphatic hydroxyl groups excluding tert-OH is 1. The van der Waals surface area contributed by atoms with Gasteiger partial charge in [-0.3, -0.25) is 4.79 Å². The highest BCUT2D eigenvalue weighted by Crippen LogP contribution is 2.28. The minimum absolute atomic E-state index is 0.0116. The van der Waals surface area contributed by atoms with Crippen molar-refractivity contribution in [3.8, 4) is 0 Å². The van der Waals surface area contributed by atoms with Gasteiger partial charge in [-0.15, -0.1) is 0 Å². The summed E-state index contributed by atoms with van der Waals surface area (Å²) in [6, 6.07) is 5.89. The van der Waals surface area contributed by atoms with Crippen LogP contribution >= 0.6 is 15.9 Å². The fourth-order valence-corrected chi connectivity index (χ4v) is 2.68. The third-order valence-electron chi connectivity index (χ3n) is 2.97. The summed E-state index contributed by atoms with van der Waals surface area (Å²) in [5, 5.41) is 12.5. The normalized spacial score (nSPS) is 12.3. The van der Waals surface area contributed by atoms with E-state index < -0.39 is 6.10 Å². The van der Waals surface area contributed by atoms with Crippen LogP contribution in [-0.4, -0.2) is 30.1 Å². The second-order valence-electron chi connectivity index (χ2n) is 5.12. The lowest BCUT2D eigenvalue weighted by molar-refractivity contribution is -0.120. The van der Waals surface area contributed by atoms with Crippen LogP contribution in [0.2, 0.25) is 0 Å². The molecule has 0 aliphatic rings. The van der Waals surface area contributed by atoms with Gasteiger partial charge >= 0.3 is 0 Å². The molecule has 0 fully saturated rings. The highest BCUT2D eigenvalue weighted by atomic mass is 79.9. The summed E-state index contributed by atoms with van der Waals surface area (Å²) in [5.41, 5.74) is 1.80. The lowest BCUT2D eigenvalue weighted by Crippen LogP contribution is -2.40. The number of amides is 1. The molecule has 5 heteroatoms. The predicted molar refractivity (Wildman–Crippen MR) is 85.9 cm³/mol.